The normalized spacial score (nSPS) is 11.1. The summed E-state index contributed by atoms with van der Waals surface area (Å²) < 4.78 is 2.65. The highest BCUT2D eigenvalue weighted by molar-refractivity contribution is 9.11. The van der Waals surface area contributed by atoms with E-state index >= 15 is 0 Å². The number of hydrogen-bond acceptors (Lipinski definition) is 6. The Kier molecular flexibility index (Phi) is 4.25. The summed E-state index contributed by atoms with van der Waals surface area (Å²) in [6.45, 7) is 0. The van der Waals surface area contributed by atoms with Gasteiger partial charge in [0.1, 0.15) is 10.5 Å². The molecule has 0 radical (unpaired) electrons. The Morgan fingerprint density at radius 2 is 2.05 bits per heavy atom. The van der Waals surface area contributed by atoms with Crippen LogP contribution in [0.5, 0.6) is 0 Å². The van der Waals surface area contributed by atoms with Crippen LogP contribution in [-0.4, -0.2) is 15.0 Å². The van der Waals surface area contributed by atoms with Gasteiger partial charge in [-0.2, -0.15) is 0 Å². The fraction of sp³-hybridized carbons (Fsp3) is 0.0833. The predicted octanol–water partition coefficient (Wildman–Crippen LogP) is 4.49. The van der Waals surface area contributed by atoms with E-state index in [9.17, 15) is 0 Å². The number of thioether (sulfide) groups is 1. The fourth-order valence-corrected chi connectivity index (χ4v) is 4.16. The van der Waals surface area contributed by atoms with Gasteiger partial charge in [-0.3, -0.25) is 0 Å². The van der Waals surface area contributed by atoms with Crippen molar-refractivity contribution in [3.63, 3.8) is 0 Å². The number of thiazole rings is 1. The van der Waals surface area contributed by atoms with Crippen LogP contribution in [0.1, 0.15) is 5.56 Å². The number of fused-ring (bicyclic) bond motifs is 1. The number of rotatable bonds is 3. The standard InChI is InChI=1S/C12H8Br2N4S2/c13-7-3-1-2-6(4-7)5-19-12-16-9(15)8-10(18-12)17-11(14)20-8/h1-4H,5H2,(H2,15,16,18). The third kappa shape index (κ3) is 3.13. The van der Waals surface area contributed by atoms with Crippen LogP contribution in [0.25, 0.3) is 10.3 Å². The Balaban J connectivity index is 1.84. The predicted molar refractivity (Wildman–Crippen MR) is 91.0 cm³/mol. The molecule has 0 atom stereocenters. The molecule has 2 heterocycles. The highest BCUT2D eigenvalue weighted by Crippen LogP contribution is 2.31. The van der Waals surface area contributed by atoms with Crippen LogP contribution in [0.15, 0.2) is 37.8 Å². The molecule has 2 aromatic heterocycles. The molecule has 0 amide bonds. The van der Waals surface area contributed by atoms with Gasteiger partial charge in [-0.1, -0.05) is 39.8 Å². The van der Waals surface area contributed by atoms with Gasteiger partial charge in [0.25, 0.3) is 0 Å². The van der Waals surface area contributed by atoms with E-state index in [0.717, 1.165) is 18.8 Å². The lowest BCUT2D eigenvalue weighted by molar-refractivity contribution is 1.00. The molecule has 0 aliphatic rings. The van der Waals surface area contributed by atoms with Crippen molar-refractivity contribution in [1.82, 2.24) is 15.0 Å². The first-order chi connectivity index (χ1) is 9.61. The Hall–Kier alpha value is -0.700. The van der Waals surface area contributed by atoms with Gasteiger partial charge in [0.05, 0.1) is 0 Å². The summed E-state index contributed by atoms with van der Waals surface area (Å²) in [5.74, 6) is 1.27. The number of benzene rings is 1. The van der Waals surface area contributed by atoms with Gasteiger partial charge < -0.3 is 5.73 Å². The molecule has 1 aromatic carbocycles. The Morgan fingerprint density at radius 3 is 2.85 bits per heavy atom. The molecule has 3 rings (SSSR count). The SMILES string of the molecule is Nc1nc(SCc2cccc(Br)c2)nc2nc(Br)sc12. The number of halogens is 2. The third-order valence-electron chi connectivity index (χ3n) is 2.49. The Bertz CT molecular complexity index is 775. The maximum absolute atomic E-state index is 5.94. The van der Waals surface area contributed by atoms with E-state index in [-0.39, 0.29) is 0 Å². The maximum atomic E-state index is 5.94. The summed E-state index contributed by atoms with van der Waals surface area (Å²) in [6, 6.07) is 8.16. The molecule has 4 nitrogen and oxygen atoms in total. The molecule has 0 bridgehead atoms. The van der Waals surface area contributed by atoms with E-state index in [1.807, 2.05) is 12.1 Å². The molecule has 20 heavy (non-hydrogen) atoms. The maximum Gasteiger partial charge on any atom is 0.191 e. The van der Waals surface area contributed by atoms with E-state index in [1.54, 1.807) is 11.8 Å². The summed E-state index contributed by atoms with van der Waals surface area (Å²) in [5, 5.41) is 0.646. The number of hydrogen-bond donors (Lipinski definition) is 1. The average Bonchev–Trinajstić information content (AvgIpc) is 2.78. The molecule has 0 saturated carbocycles. The van der Waals surface area contributed by atoms with E-state index in [4.69, 9.17) is 5.73 Å². The van der Waals surface area contributed by atoms with Crippen molar-refractivity contribution in [2.24, 2.45) is 0 Å². The second-order valence-electron chi connectivity index (χ2n) is 3.93. The summed E-state index contributed by atoms with van der Waals surface area (Å²) in [4.78, 5) is 13.0. The smallest absolute Gasteiger partial charge is 0.191 e. The molecule has 3 aromatic rings. The summed E-state index contributed by atoms with van der Waals surface area (Å²) in [7, 11) is 0. The molecule has 0 aliphatic heterocycles. The van der Waals surface area contributed by atoms with Crippen molar-refractivity contribution in [3.8, 4) is 0 Å². The van der Waals surface area contributed by atoms with Crippen molar-refractivity contribution in [2.75, 3.05) is 5.73 Å². The highest BCUT2D eigenvalue weighted by Gasteiger charge is 2.10. The van der Waals surface area contributed by atoms with Gasteiger partial charge in [-0.25, -0.2) is 15.0 Å². The third-order valence-corrected chi connectivity index (χ3v) is 5.42. The van der Waals surface area contributed by atoms with Crippen LogP contribution >= 0.6 is 55.0 Å². The van der Waals surface area contributed by atoms with Gasteiger partial charge in [-0.15, -0.1) is 11.3 Å². The average molecular weight is 432 g/mol. The zero-order chi connectivity index (χ0) is 14.1. The van der Waals surface area contributed by atoms with Crippen LogP contribution in [0.4, 0.5) is 5.82 Å². The van der Waals surface area contributed by atoms with E-state index < -0.39 is 0 Å². The monoisotopic (exact) mass is 430 g/mol. The van der Waals surface area contributed by atoms with Gasteiger partial charge in [0, 0.05) is 10.2 Å². The molecule has 0 aliphatic carbocycles. The number of anilines is 1. The van der Waals surface area contributed by atoms with Crippen LogP contribution in [0.3, 0.4) is 0 Å². The lowest BCUT2D eigenvalue weighted by Crippen LogP contribution is -1.95. The number of nitrogens with two attached hydrogens (primary N) is 1. The van der Waals surface area contributed by atoms with Crippen LogP contribution in [0, 0.1) is 0 Å². The lowest BCUT2D eigenvalue weighted by Gasteiger charge is -2.02. The van der Waals surface area contributed by atoms with Crippen molar-refractivity contribution < 1.29 is 0 Å². The van der Waals surface area contributed by atoms with Crippen molar-refractivity contribution in [3.05, 3.63) is 38.2 Å². The molecule has 102 valence electrons. The largest absolute Gasteiger partial charge is 0.382 e. The van der Waals surface area contributed by atoms with Crippen LogP contribution in [-0.2, 0) is 5.75 Å². The van der Waals surface area contributed by atoms with E-state index in [0.29, 0.717) is 16.6 Å². The van der Waals surface area contributed by atoms with Gasteiger partial charge >= 0.3 is 0 Å². The number of nitrogen functional groups attached to an aromatic ring is 1. The van der Waals surface area contributed by atoms with Crippen molar-refractivity contribution in [1.29, 1.82) is 0 Å². The summed E-state index contributed by atoms with van der Waals surface area (Å²) >= 11 is 9.79. The molecule has 0 fully saturated rings. The molecular formula is C12H8Br2N4S2. The number of nitrogens with zero attached hydrogens (tertiary/aromatic N) is 3. The van der Waals surface area contributed by atoms with E-state index in [1.165, 1.54) is 16.9 Å². The minimum Gasteiger partial charge on any atom is -0.382 e. The molecule has 0 saturated heterocycles. The van der Waals surface area contributed by atoms with Gasteiger partial charge in [0.15, 0.2) is 14.7 Å². The topological polar surface area (TPSA) is 64.7 Å². The molecule has 0 spiro atoms. The second-order valence-corrected chi connectivity index (χ2v) is 8.06. The van der Waals surface area contributed by atoms with E-state index in [2.05, 4.69) is 58.9 Å². The second kappa shape index (κ2) is 5.97. The minimum absolute atomic E-state index is 0.481. The lowest BCUT2D eigenvalue weighted by atomic mass is 10.2. The highest BCUT2D eigenvalue weighted by atomic mass is 79.9. The first kappa shape index (κ1) is 14.2. The van der Waals surface area contributed by atoms with Gasteiger partial charge in [-0.05, 0) is 33.6 Å². The quantitative estimate of drug-likeness (QED) is 0.489. The fourth-order valence-electron chi connectivity index (χ4n) is 1.64. The van der Waals surface area contributed by atoms with Crippen LogP contribution < -0.4 is 5.73 Å². The Labute approximate surface area is 140 Å². The molecule has 8 heteroatoms. The molecule has 2 N–H and O–H groups in total. The first-order valence-electron chi connectivity index (χ1n) is 5.58. The zero-order valence-corrected chi connectivity index (χ0v) is 14.8. The van der Waals surface area contributed by atoms with Gasteiger partial charge in [0.2, 0.25) is 0 Å². The number of aromatic nitrogens is 3. The summed E-state index contributed by atoms with van der Waals surface area (Å²) in [5.41, 5.74) is 7.79. The van der Waals surface area contributed by atoms with Crippen molar-refractivity contribution >= 4 is 71.1 Å². The van der Waals surface area contributed by atoms with Crippen molar-refractivity contribution in [2.45, 2.75) is 10.9 Å². The summed E-state index contributed by atoms with van der Waals surface area (Å²) in [6.07, 6.45) is 0. The molecule has 0 unspecified atom stereocenters. The Morgan fingerprint density at radius 1 is 1.20 bits per heavy atom. The first-order valence-corrected chi connectivity index (χ1v) is 8.97. The molecular weight excluding hydrogens is 424 g/mol. The minimum atomic E-state index is 0.481. The van der Waals surface area contributed by atoms with Crippen LogP contribution in [0.2, 0.25) is 0 Å². The zero-order valence-electron chi connectivity index (χ0n) is 10.0.